The van der Waals surface area contributed by atoms with Crippen LogP contribution in [0.2, 0.25) is 0 Å². The van der Waals surface area contributed by atoms with Gasteiger partial charge in [-0.15, -0.1) is 0 Å². The molecule has 8 heteroatoms. The summed E-state index contributed by atoms with van der Waals surface area (Å²) in [6.07, 6.45) is 2.38. The monoisotopic (exact) mass is 356 g/mol. The van der Waals surface area contributed by atoms with Gasteiger partial charge in [-0.3, -0.25) is 19.3 Å². The van der Waals surface area contributed by atoms with Gasteiger partial charge in [-0.05, 0) is 12.1 Å². The number of rotatable bonds is 4. The smallest absolute Gasteiger partial charge is 0.244 e. The van der Waals surface area contributed by atoms with Crippen LogP contribution >= 0.6 is 11.8 Å². The molecule has 1 saturated heterocycles. The molecular formula is C17H16N4O3S. The van der Waals surface area contributed by atoms with E-state index in [1.54, 1.807) is 17.8 Å². The molecule has 1 aromatic carbocycles. The fourth-order valence-electron chi connectivity index (χ4n) is 2.95. The summed E-state index contributed by atoms with van der Waals surface area (Å²) in [4.78, 5) is 40.9. The lowest BCUT2D eigenvalue weighted by molar-refractivity contribution is -0.141. The molecule has 1 aromatic heterocycles. The van der Waals surface area contributed by atoms with Gasteiger partial charge in [0.2, 0.25) is 17.7 Å². The van der Waals surface area contributed by atoms with E-state index in [9.17, 15) is 14.4 Å². The van der Waals surface area contributed by atoms with E-state index in [2.05, 4.69) is 14.9 Å². The number of amides is 3. The Balaban J connectivity index is 1.47. The van der Waals surface area contributed by atoms with Crippen LogP contribution in [-0.4, -0.2) is 44.5 Å². The van der Waals surface area contributed by atoms with Crippen molar-refractivity contribution in [1.82, 2.24) is 14.5 Å². The summed E-state index contributed by atoms with van der Waals surface area (Å²) >= 11 is 1.73. The third-order valence-electron chi connectivity index (χ3n) is 4.20. The number of hydrogen-bond acceptors (Lipinski definition) is 5. The predicted octanol–water partition coefficient (Wildman–Crippen LogP) is 1.74. The number of imide groups is 1. The molecule has 0 atom stereocenters. The highest BCUT2D eigenvalue weighted by Gasteiger charge is 2.30. The van der Waals surface area contributed by atoms with E-state index in [0.29, 0.717) is 5.69 Å². The van der Waals surface area contributed by atoms with Crippen LogP contribution in [0.4, 0.5) is 5.69 Å². The third kappa shape index (κ3) is 3.17. The molecule has 0 bridgehead atoms. The van der Waals surface area contributed by atoms with Gasteiger partial charge in [-0.2, -0.15) is 0 Å². The van der Waals surface area contributed by atoms with Crippen molar-refractivity contribution in [2.24, 2.45) is 0 Å². The summed E-state index contributed by atoms with van der Waals surface area (Å²) in [5, 5.41) is 3.75. The largest absolute Gasteiger partial charge is 0.325 e. The van der Waals surface area contributed by atoms with Crippen molar-refractivity contribution in [3.05, 3.63) is 30.5 Å². The van der Waals surface area contributed by atoms with E-state index in [4.69, 9.17) is 0 Å². The minimum Gasteiger partial charge on any atom is -0.325 e. The molecule has 0 unspecified atom stereocenters. The summed E-state index contributed by atoms with van der Waals surface area (Å²) in [6.45, 7) is 0.721. The number of nitrogens with one attached hydrogen (secondary N) is 1. The van der Waals surface area contributed by atoms with Gasteiger partial charge < -0.3 is 9.88 Å². The van der Waals surface area contributed by atoms with Crippen LogP contribution in [0, 0.1) is 0 Å². The van der Waals surface area contributed by atoms with Crippen LogP contribution in [0.1, 0.15) is 12.8 Å². The highest BCUT2D eigenvalue weighted by molar-refractivity contribution is 7.99. The molecular weight excluding hydrogens is 340 g/mol. The topological polar surface area (TPSA) is 84.3 Å². The number of nitrogens with zero attached hydrogens (tertiary/aromatic N) is 3. The zero-order valence-electron chi connectivity index (χ0n) is 13.4. The summed E-state index contributed by atoms with van der Waals surface area (Å²) in [5.41, 5.74) is 2.39. The Kier molecular flexibility index (Phi) is 4.04. The molecule has 0 radical (unpaired) electrons. The van der Waals surface area contributed by atoms with Crippen LogP contribution in [0.15, 0.2) is 35.6 Å². The normalized spacial score (nSPS) is 16.4. The molecule has 1 fully saturated rings. The van der Waals surface area contributed by atoms with E-state index in [1.165, 1.54) is 0 Å². The second-order valence-corrected chi connectivity index (χ2v) is 7.02. The van der Waals surface area contributed by atoms with Crippen molar-refractivity contribution in [3.63, 3.8) is 0 Å². The molecule has 4 rings (SSSR count). The Labute approximate surface area is 148 Å². The van der Waals surface area contributed by atoms with E-state index in [0.717, 1.165) is 33.6 Å². The second kappa shape index (κ2) is 6.36. The fraction of sp³-hybridized carbons (Fsp3) is 0.294. The molecule has 0 aliphatic carbocycles. The maximum absolute atomic E-state index is 12.1. The van der Waals surface area contributed by atoms with E-state index in [1.807, 2.05) is 24.4 Å². The molecule has 3 heterocycles. The third-order valence-corrected chi connectivity index (χ3v) is 5.17. The first-order valence-corrected chi connectivity index (χ1v) is 9.02. The molecule has 2 aliphatic heterocycles. The number of benzene rings is 1. The summed E-state index contributed by atoms with van der Waals surface area (Å²) in [5.74, 6) is 0.0774. The number of imidazole rings is 1. The minimum atomic E-state index is -0.386. The molecule has 7 nitrogen and oxygen atoms in total. The average Bonchev–Trinajstić information content (AvgIpc) is 3.26. The van der Waals surface area contributed by atoms with E-state index >= 15 is 0 Å². The lowest BCUT2D eigenvalue weighted by Crippen LogP contribution is -2.36. The molecule has 25 heavy (non-hydrogen) atoms. The fourth-order valence-corrected chi connectivity index (χ4v) is 3.89. The standard InChI is InChI=1S/C17H16N4O3S/c22-14(10-21-15(23)4-5-16(21)24)18-12-3-1-2-11(8-12)13-9-20-6-7-25-17(20)19-13/h1-3,8-9H,4-7,10H2,(H,18,22). The Morgan fingerprint density at radius 2 is 2.04 bits per heavy atom. The maximum Gasteiger partial charge on any atom is 0.244 e. The first kappa shape index (κ1) is 15.9. The molecule has 128 valence electrons. The Morgan fingerprint density at radius 3 is 2.80 bits per heavy atom. The van der Waals surface area contributed by atoms with Gasteiger partial charge in [0.05, 0.1) is 5.69 Å². The van der Waals surface area contributed by atoms with Gasteiger partial charge in [0, 0.05) is 42.6 Å². The van der Waals surface area contributed by atoms with Gasteiger partial charge in [0.1, 0.15) is 6.54 Å². The molecule has 0 saturated carbocycles. The highest BCUT2D eigenvalue weighted by atomic mass is 32.2. The van der Waals surface area contributed by atoms with Crippen LogP contribution < -0.4 is 5.32 Å². The Bertz CT molecular complexity index is 839. The minimum absolute atomic E-state index is 0.185. The molecule has 2 aliphatic rings. The number of carbonyl (C=O) groups excluding carboxylic acids is 3. The number of likely N-dealkylation sites (tertiary alicyclic amines) is 1. The van der Waals surface area contributed by atoms with Crippen LogP contribution in [0.25, 0.3) is 11.3 Å². The van der Waals surface area contributed by atoms with Gasteiger partial charge >= 0.3 is 0 Å². The van der Waals surface area contributed by atoms with E-state index < -0.39 is 0 Å². The Morgan fingerprint density at radius 1 is 1.24 bits per heavy atom. The summed E-state index contributed by atoms with van der Waals surface area (Å²) in [6, 6.07) is 7.39. The number of thioether (sulfide) groups is 1. The van der Waals surface area contributed by atoms with Gasteiger partial charge in [-0.25, -0.2) is 4.98 Å². The predicted molar refractivity (Wildman–Crippen MR) is 93.0 cm³/mol. The SMILES string of the molecule is O=C(CN1C(=O)CCC1=O)Nc1cccc(-c2cn3c(n2)SCC3)c1. The zero-order chi connectivity index (χ0) is 17.4. The van der Waals surface area contributed by atoms with Crippen LogP contribution in [-0.2, 0) is 20.9 Å². The van der Waals surface area contributed by atoms with Crippen LogP contribution in [0.3, 0.4) is 0 Å². The van der Waals surface area contributed by atoms with Crippen molar-refractivity contribution in [3.8, 4) is 11.3 Å². The first-order chi connectivity index (χ1) is 12.1. The van der Waals surface area contributed by atoms with Gasteiger partial charge in [-0.1, -0.05) is 23.9 Å². The van der Waals surface area contributed by atoms with Crippen molar-refractivity contribution in [2.45, 2.75) is 24.5 Å². The lowest BCUT2D eigenvalue weighted by Gasteiger charge is -2.13. The molecule has 2 aromatic rings. The number of hydrogen-bond donors (Lipinski definition) is 1. The number of fused-ring (bicyclic) bond motifs is 1. The first-order valence-electron chi connectivity index (χ1n) is 8.03. The highest BCUT2D eigenvalue weighted by Crippen LogP contribution is 2.29. The van der Waals surface area contributed by atoms with Gasteiger partial charge in [0.25, 0.3) is 0 Å². The second-order valence-electron chi connectivity index (χ2n) is 5.95. The van der Waals surface area contributed by atoms with Crippen molar-refractivity contribution in [1.29, 1.82) is 0 Å². The van der Waals surface area contributed by atoms with Crippen molar-refractivity contribution in [2.75, 3.05) is 17.6 Å². The lowest BCUT2D eigenvalue weighted by atomic mass is 10.1. The summed E-state index contributed by atoms with van der Waals surface area (Å²) < 4.78 is 2.12. The van der Waals surface area contributed by atoms with Crippen molar-refractivity contribution >= 4 is 35.2 Å². The Hall–Kier alpha value is -2.61. The number of anilines is 1. The molecule has 3 amide bonds. The average molecular weight is 356 g/mol. The van der Waals surface area contributed by atoms with Crippen molar-refractivity contribution < 1.29 is 14.4 Å². The molecule has 1 N–H and O–H groups in total. The van der Waals surface area contributed by atoms with E-state index in [-0.39, 0.29) is 37.1 Å². The number of aryl methyl sites for hydroxylation is 1. The quantitative estimate of drug-likeness (QED) is 0.844. The number of aromatic nitrogens is 2. The zero-order valence-corrected chi connectivity index (χ0v) is 14.2. The molecule has 0 spiro atoms. The van der Waals surface area contributed by atoms with Gasteiger partial charge in [0.15, 0.2) is 5.16 Å². The number of carbonyl (C=O) groups is 3. The summed E-state index contributed by atoms with van der Waals surface area (Å²) in [7, 11) is 0. The maximum atomic E-state index is 12.1. The van der Waals surface area contributed by atoms with Crippen LogP contribution in [0.5, 0.6) is 0 Å².